The number of thiol groups is 2. The first-order chi connectivity index (χ1) is 20.3. The lowest BCUT2D eigenvalue weighted by Gasteiger charge is -2.27. The summed E-state index contributed by atoms with van der Waals surface area (Å²) in [6.07, 6.45) is 4.16. The fourth-order valence-corrected chi connectivity index (χ4v) is 4.37. The highest BCUT2D eigenvalue weighted by Gasteiger charge is 2.33. The largest absolute Gasteiger partial charge is 0.456 e. The Kier molecular flexibility index (Phi) is 20.8. The van der Waals surface area contributed by atoms with E-state index in [2.05, 4.69) is 72.2 Å². The molecule has 1 aliphatic heterocycles. The van der Waals surface area contributed by atoms with Crippen LogP contribution in [0, 0.1) is 11.8 Å². The van der Waals surface area contributed by atoms with Crippen molar-refractivity contribution in [3.05, 3.63) is 23.9 Å². The van der Waals surface area contributed by atoms with E-state index in [4.69, 9.17) is 4.74 Å². The van der Waals surface area contributed by atoms with E-state index in [0.717, 1.165) is 0 Å². The molecule has 1 heterocycles. The lowest BCUT2D eigenvalue weighted by Crippen LogP contribution is -2.57. The first-order valence-corrected chi connectivity index (χ1v) is 16.2. The molecule has 43 heavy (non-hydrogen) atoms. The fraction of sp³-hybridized carbons (Fsp3) is 0.700. The van der Waals surface area contributed by atoms with Crippen LogP contribution in [0.2, 0.25) is 0 Å². The van der Waals surface area contributed by atoms with Crippen LogP contribution in [0.4, 0.5) is 0 Å². The molecule has 11 nitrogen and oxygen atoms in total. The van der Waals surface area contributed by atoms with Crippen LogP contribution < -0.4 is 21.3 Å². The van der Waals surface area contributed by atoms with Crippen LogP contribution in [0.25, 0.3) is 0 Å². The van der Waals surface area contributed by atoms with Crippen LogP contribution in [0.15, 0.2) is 23.9 Å². The summed E-state index contributed by atoms with van der Waals surface area (Å²) < 4.78 is 5.59. The minimum atomic E-state index is -1.07. The summed E-state index contributed by atoms with van der Waals surface area (Å²) in [5.74, 6) is -3.32. The van der Waals surface area contributed by atoms with Gasteiger partial charge in [-0.1, -0.05) is 60.6 Å². The second kappa shape index (κ2) is 22.1. The second-order valence-electron chi connectivity index (χ2n) is 10.7. The summed E-state index contributed by atoms with van der Waals surface area (Å²) in [7, 11) is 0. The standard InChI is InChI=1S/C24H38N4O6S2.C6H15N/c1-6-16-21(30)28-20(14(4)5)24(33)34-15(9-7-8-10-35)11-18(29)27-19(13(2)3)23(32)26-17(12-36)22(31)25-16;1-4-7(5-2)6-3/h6-7,9,13-15,17,19-20,35-36H,8,10-12H2,1-5H3,(H,25,31)(H,26,32)(H,27,29)(H,28,30);4-6H2,1-3H3/b9-7+,16-6-;/t15-,17-,19-,20+;/m1./s1. The lowest BCUT2D eigenvalue weighted by atomic mass is 10.0. The van der Waals surface area contributed by atoms with Gasteiger partial charge in [-0.25, -0.2) is 4.79 Å². The number of nitrogens with zero attached hydrogens (tertiary/aromatic N) is 1. The van der Waals surface area contributed by atoms with Crippen LogP contribution >= 0.6 is 25.3 Å². The highest BCUT2D eigenvalue weighted by atomic mass is 32.1. The Morgan fingerprint density at radius 3 is 1.91 bits per heavy atom. The smallest absolute Gasteiger partial charge is 0.329 e. The van der Waals surface area contributed by atoms with E-state index in [1.807, 2.05) is 0 Å². The lowest BCUT2D eigenvalue weighted by molar-refractivity contribution is -0.153. The van der Waals surface area contributed by atoms with Gasteiger partial charge in [0.1, 0.15) is 29.9 Å². The van der Waals surface area contributed by atoms with E-state index in [-0.39, 0.29) is 29.7 Å². The molecule has 0 radical (unpaired) electrons. The molecule has 246 valence electrons. The molecule has 13 heteroatoms. The zero-order chi connectivity index (χ0) is 33.1. The molecular weight excluding hydrogens is 590 g/mol. The molecule has 0 saturated carbocycles. The van der Waals surface area contributed by atoms with Crippen LogP contribution in [0.5, 0.6) is 0 Å². The number of nitrogens with one attached hydrogen (secondary N) is 4. The van der Waals surface area contributed by atoms with Gasteiger partial charge in [0.2, 0.25) is 17.7 Å². The van der Waals surface area contributed by atoms with Gasteiger partial charge in [0, 0.05) is 5.75 Å². The number of carbonyl (C=O) groups is 5. The number of ether oxygens (including phenoxy) is 1. The molecule has 0 bridgehead atoms. The van der Waals surface area contributed by atoms with Gasteiger partial charge in [0.25, 0.3) is 5.91 Å². The summed E-state index contributed by atoms with van der Waals surface area (Å²) in [6, 6.07) is -3.06. The number of hydrogen-bond acceptors (Lipinski definition) is 9. The minimum absolute atomic E-state index is 0.0477. The van der Waals surface area contributed by atoms with Crippen LogP contribution in [-0.2, 0) is 28.7 Å². The quantitative estimate of drug-likeness (QED) is 0.0979. The molecular formula is C30H53N5O6S2. The van der Waals surface area contributed by atoms with Gasteiger partial charge < -0.3 is 30.9 Å². The molecule has 4 amide bonds. The molecule has 4 atom stereocenters. The van der Waals surface area contributed by atoms with E-state index in [9.17, 15) is 24.0 Å². The first-order valence-electron chi connectivity index (χ1n) is 15.0. The molecule has 1 aliphatic rings. The maximum atomic E-state index is 13.0. The van der Waals surface area contributed by atoms with Crippen molar-refractivity contribution in [3.63, 3.8) is 0 Å². The van der Waals surface area contributed by atoms with Crippen LogP contribution in [0.1, 0.15) is 68.2 Å². The summed E-state index contributed by atoms with van der Waals surface area (Å²) >= 11 is 8.31. The van der Waals surface area contributed by atoms with Gasteiger partial charge in [-0.3, -0.25) is 19.2 Å². The summed E-state index contributed by atoms with van der Waals surface area (Å²) in [6.45, 7) is 18.6. The van der Waals surface area contributed by atoms with E-state index in [1.54, 1.807) is 46.8 Å². The number of cyclic esters (lactones) is 1. The van der Waals surface area contributed by atoms with Crippen molar-refractivity contribution >= 4 is 54.9 Å². The van der Waals surface area contributed by atoms with Crippen molar-refractivity contribution in [2.45, 2.75) is 92.5 Å². The molecule has 1 rings (SSSR count). The minimum Gasteiger partial charge on any atom is -0.456 e. The van der Waals surface area contributed by atoms with E-state index in [1.165, 1.54) is 25.7 Å². The number of rotatable bonds is 9. The Bertz CT molecular complexity index is 963. The highest BCUT2D eigenvalue weighted by Crippen LogP contribution is 2.12. The molecule has 0 aromatic heterocycles. The topological polar surface area (TPSA) is 146 Å². The fourth-order valence-electron chi connectivity index (χ4n) is 3.97. The third-order valence-corrected chi connectivity index (χ3v) is 7.35. The van der Waals surface area contributed by atoms with Gasteiger partial charge in [0.15, 0.2) is 0 Å². The molecule has 0 aromatic rings. The van der Waals surface area contributed by atoms with Crippen molar-refractivity contribution in [1.82, 2.24) is 26.2 Å². The number of allylic oxidation sites excluding steroid dienone is 2. The number of carbonyl (C=O) groups excluding carboxylic acids is 5. The maximum Gasteiger partial charge on any atom is 0.329 e. The van der Waals surface area contributed by atoms with Crippen molar-refractivity contribution in [1.29, 1.82) is 0 Å². The monoisotopic (exact) mass is 643 g/mol. The zero-order valence-electron chi connectivity index (χ0n) is 26.9. The Labute approximate surface area is 268 Å². The first kappa shape index (κ1) is 40.5. The summed E-state index contributed by atoms with van der Waals surface area (Å²) in [4.78, 5) is 66.9. The average Bonchev–Trinajstić information content (AvgIpc) is 2.96. The Hall–Kier alpha value is -2.51. The average molecular weight is 644 g/mol. The number of esters is 1. The zero-order valence-corrected chi connectivity index (χ0v) is 28.7. The molecule has 0 aliphatic carbocycles. The molecule has 1 saturated heterocycles. The van der Waals surface area contributed by atoms with Gasteiger partial charge in [-0.2, -0.15) is 25.3 Å². The highest BCUT2D eigenvalue weighted by molar-refractivity contribution is 7.80. The molecule has 0 aromatic carbocycles. The number of amides is 4. The molecule has 4 N–H and O–H groups in total. The van der Waals surface area contributed by atoms with E-state index in [0.29, 0.717) is 12.2 Å². The molecule has 0 unspecified atom stereocenters. The van der Waals surface area contributed by atoms with E-state index < -0.39 is 53.8 Å². The Morgan fingerprint density at radius 1 is 0.884 bits per heavy atom. The third-order valence-electron chi connectivity index (χ3n) is 6.72. The SMILES string of the molecule is C/C=C1\NC(=O)[C@@H](CS)NC(=O)[C@@H](C(C)C)NC(=O)C[C@@H](/C=C/CCS)OC(=O)[C@H](C(C)C)NC1=O.CCN(CC)CC. The van der Waals surface area contributed by atoms with Gasteiger partial charge in [-0.05, 0) is 56.6 Å². The van der Waals surface area contributed by atoms with Crippen LogP contribution in [0.3, 0.4) is 0 Å². The van der Waals surface area contributed by atoms with Crippen molar-refractivity contribution < 1.29 is 28.7 Å². The third kappa shape index (κ3) is 15.2. The van der Waals surface area contributed by atoms with Gasteiger partial charge in [-0.15, -0.1) is 0 Å². The summed E-state index contributed by atoms with van der Waals surface area (Å²) in [5, 5.41) is 10.3. The van der Waals surface area contributed by atoms with Gasteiger partial charge in [0.05, 0.1) is 6.42 Å². The summed E-state index contributed by atoms with van der Waals surface area (Å²) in [5.41, 5.74) is -0.0921. The second-order valence-corrected chi connectivity index (χ2v) is 11.5. The van der Waals surface area contributed by atoms with E-state index >= 15 is 0 Å². The molecule has 0 spiro atoms. The normalized spacial score (nSPS) is 23.9. The predicted octanol–water partition coefficient (Wildman–Crippen LogP) is 2.24. The van der Waals surface area contributed by atoms with Crippen LogP contribution in [-0.4, -0.2) is 89.9 Å². The Balaban J connectivity index is 0.00000223. The maximum absolute atomic E-state index is 13.0. The van der Waals surface area contributed by atoms with Crippen molar-refractivity contribution in [3.8, 4) is 0 Å². The molecule has 1 fully saturated rings. The number of hydrogen-bond donors (Lipinski definition) is 6. The predicted molar refractivity (Wildman–Crippen MR) is 177 cm³/mol. The van der Waals surface area contributed by atoms with Crippen molar-refractivity contribution in [2.24, 2.45) is 11.8 Å². The van der Waals surface area contributed by atoms with Crippen molar-refractivity contribution in [2.75, 3.05) is 31.1 Å². The Morgan fingerprint density at radius 2 is 1.47 bits per heavy atom. The van der Waals surface area contributed by atoms with Gasteiger partial charge >= 0.3 is 5.97 Å².